The van der Waals surface area contributed by atoms with E-state index >= 15 is 0 Å². The fourth-order valence-electron chi connectivity index (χ4n) is 2.52. The lowest BCUT2D eigenvalue weighted by molar-refractivity contribution is -0.140. The summed E-state index contributed by atoms with van der Waals surface area (Å²) in [5.41, 5.74) is 0.0415. The third-order valence-corrected chi connectivity index (χ3v) is 5.74. The zero-order chi connectivity index (χ0) is 21.5. The van der Waals surface area contributed by atoms with Crippen molar-refractivity contribution in [2.75, 3.05) is 7.11 Å². The smallest absolute Gasteiger partial charge is 0.469 e. The summed E-state index contributed by atoms with van der Waals surface area (Å²) in [5.74, 6) is 0.0668. The molecule has 2 rings (SSSR count). The summed E-state index contributed by atoms with van der Waals surface area (Å²) >= 11 is 2.13. The predicted octanol–water partition coefficient (Wildman–Crippen LogP) is 4.47. The lowest BCUT2D eigenvalue weighted by Crippen LogP contribution is -2.41. The van der Waals surface area contributed by atoms with E-state index < -0.39 is 24.3 Å². The van der Waals surface area contributed by atoms with Crippen molar-refractivity contribution in [3.8, 4) is 5.75 Å². The van der Waals surface area contributed by atoms with E-state index in [4.69, 9.17) is 13.8 Å². The fraction of sp³-hybridized carbons (Fsp3) is 0.579. The maximum Gasteiger partial charge on any atom is 0.495 e. The van der Waals surface area contributed by atoms with Crippen LogP contribution in [0.2, 0.25) is 0 Å². The zero-order valence-corrected chi connectivity index (χ0v) is 20.7. The average Bonchev–Trinajstić information content (AvgIpc) is 2.88. The molecule has 156 valence electrons. The van der Waals surface area contributed by atoms with Crippen LogP contribution in [0.4, 0.5) is 0 Å². The standard InChI is InChI=1S/C17H23BIO6P.C2H6/c1-16(2)17(3,4)25-18(24-16)13-10-11(23-26-19)6-7-12(13)14(20)8-9-15(21)22-5;1-2/h6-7,10,26H,8-9H2,1-5H3;1-2H3. The first-order valence-corrected chi connectivity index (χ1v) is 13.3. The van der Waals surface area contributed by atoms with Gasteiger partial charge in [0.25, 0.3) is 0 Å². The minimum Gasteiger partial charge on any atom is -0.469 e. The Bertz CT molecular complexity index is 679. The minimum absolute atomic E-state index is 0.0333. The molecule has 0 spiro atoms. The molecule has 1 aliphatic heterocycles. The van der Waals surface area contributed by atoms with Gasteiger partial charge in [-0.25, -0.2) is 0 Å². The molecule has 6 nitrogen and oxygen atoms in total. The van der Waals surface area contributed by atoms with Crippen molar-refractivity contribution in [1.29, 1.82) is 0 Å². The molecule has 28 heavy (non-hydrogen) atoms. The van der Waals surface area contributed by atoms with E-state index in [1.54, 1.807) is 18.2 Å². The van der Waals surface area contributed by atoms with Gasteiger partial charge in [-0.2, -0.15) is 0 Å². The van der Waals surface area contributed by atoms with Crippen LogP contribution in [0.3, 0.4) is 0 Å². The number of hydrogen-bond acceptors (Lipinski definition) is 6. The van der Waals surface area contributed by atoms with Gasteiger partial charge in [-0.15, -0.1) is 0 Å². The second kappa shape index (κ2) is 10.9. The SMILES string of the molecule is CC.COC(=O)CCC(=O)c1ccc(OPI)cc1B1OC(C)(C)C(C)(C)O1. The average molecular weight is 522 g/mol. The van der Waals surface area contributed by atoms with Crippen molar-refractivity contribution in [1.82, 2.24) is 0 Å². The fourth-order valence-corrected chi connectivity index (χ4v) is 3.50. The Labute approximate surface area is 182 Å². The van der Waals surface area contributed by atoms with Gasteiger partial charge in [0.1, 0.15) is 12.2 Å². The number of methoxy groups -OCH3 is 1. The highest BCUT2D eigenvalue weighted by Gasteiger charge is 2.52. The van der Waals surface area contributed by atoms with E-state index in [9.17, 15) is 9.59 Å². The lowest BCUT2D eigenvalue weighted by atomic mass is 9.74. The van der Waals surface area contributed by atoms with Crippen LogP contribution < -0.4 is 9.99 Å². The van der Waals surface area contributed by atoms with Gasteiger partial charge >= 0.3 is 13.1 Å². The Morgan fingerprint density at radius 3 is 2.18 bits per heavy atom. The molecule has 1 aromatic rings. The molecule has 9 heteroatoms. The molecule has 1 aliphatic rings. The number of carbonyl (C=O) groups is 2. The molecule has 0 aliphatic carbocycles. The second-order valence-corrected chi connectivity index (χ2v) is 8.70. The molecule has 0 radical (unpaired) electrons. The van der Waals surface area contributed by atoms with Gasteiger partial charge in [-0.05, 0) is 73.4 Å². The van der Waals surface area contributed by atoms with Crippen molar-refractivity contribution in [3.63, 3.8) is 0 Å². The zero-order valence-electron chi connectivity index (χ0n) is 17.6. The monoisotopic (exact) mass is 522 g/mol. The van der Waals surface area contributed by atoms with Gasteiger partial charge in [0, 0.05) is 12.0 Å². The summed E-state index contributed by atoms with van der Waals surface area (Å²) in [5, 5.41) is 0. The molecule has 1 atom stereocenters. The highest BCUT2D eigenvalue weighted by Crippen LogP contribution is 2.37. The van der Waals surface area contributed by atoms with Crippen LogP contribution in [0.5, 0.6) is 5.75 Å². The number of ketones is 1. The van der Waals surface area contributed by atoms with E-state index in [-0.39, 0.29) is 25.1 Å². The molecule has 1 aromatic carbocycles. The molecule has 0 aromatic heterocycles. The van der Waals surface area contributed by atoms with Gasteiger partial charge in [0.2, 0.25) is 0 Å². The number of halogens is 1. The first kappa shape index (κ1) is 25.3. The second-order valence-electron chi connectivity index (χ2n) is 7.02. The maximum absolute atomic E-state index is 12.7. The van der Waals surface area contributed by atoms with Crippen molar-refractivity contribution < 1.29 is 28.2 Å². The van der Waals surface area contributed by atoms with Crippen LogP contribution in [0, 0.1) is 0 Å². The molecular formula is C19H29BIO6P. The van der Waals surface area contributed by atoms with Gasteiger partial charge < -0.3 is 18.6 Å². The van der Waals surface area contributed by atoms with Crippen LogP contribution in [0.1, 0.15) is 64.7 Å². The summed E-state index contributed by atoms with van der Waals surface area (Å²) in [6, 6.07) is 5.22. The van der Waals surface area contributed by atoms with Gasteiger partial charge in [0.05, 0.1) is 24.7 Å². The summed E-state index contributed by atoms with van der Waals surface area (Å²) in [4.78, 5) is 24.0. The van der Waals surface area contributed by atoms with E-state index in [0.717, 1.165) is 0 Å². The van der Waals surface area contributed by atoms with Crippen molar-refractivity contribution in [3.05, 3.63) is 23.8 Å². The van der Waals surface area contributed by atoms with E-state index in [0.29, 0.717) is 16.8 Å². The predicted molar refractivity (Wildman–Crippen MR) is 122 cm³/mol. The molecule has 1 unspecified atom stereocenters. The number of benzene rings is 1. The highest BCUT2D eigenvalue weighted by molar-refractivity contribution is 14.2. The lowest BCUT2D eigenvalue weighted by Gasteiger charge is -2.32. The molecule has 1 fully saturated rings. The first-order valence-electron chi connectivity index (χ1n) is 9.23. The topological polar surface area (TPSA) is 71.1 Å². The highest BCUT2D eigenvalue weighted by atomic mass is 127. The van der Waals surface area contributed by atoms with Crippen LogP contribution in [-0.4, -0.2) is 37.2 Å². The van der Waals surface area contributed by atoms with Crippen molar-refractivity contribution in [2.45, 2.75) is 65.6 Å². The summed E-state index contributed by atoms with van der Waals surface area (Å²) < 4.78 is 22.4. The number of rotatable bonds is 7. The van der Waals surface area contributed by atoms with E-state index in [1.165, 1.54) is 7.11 Å². The molecule has 0 bridgehead atoms. The normalized spacial score (nSPS) is 17.2. The number of Topliss-reactive ketones (excluding diaryl/α,β-unsaturated/α-hetero) is 1. The summed E-state index contributed by atoms with van der Waals surface area (Å²) in [6.45, 7) is 12.1. The quantitative estimate of drug-likeness (QED) is 0.173. The minimum atomic E-state index is -0.682. The number of esters is 1. The number of ether oxygens (including phenoxy) is 1. The number of carbonyl (C=O) groups excluding carboxylic acids is 2. The Morgan fingerprint density at radius 1 is 1.11 bits per heavy atom. The Hall–Kier alpha value is -0.695. The van der Waals surface area contributed by atoms with Crippen molar-refractivity contribution in [2.24, 2.45) is 0 Å². The van der Waals surface area contributed by atoms with Crippen LogP contribution in [0.15, 0.2) is 18.2 Å². The summed E-state index contributed by atoms with van der Waals surface area (Å²) in [7, 11) is 0.623. The van der Waals surface area contributed by atoms with Gasteiger partial charge in [0.15, 0.2) is 5.78 Å². The van der Waals surface area contributed by atoms with Crippen LogP contribution in [0.25, 0.3) is 0 Å². The molecule has 1 saturated heterocycles. The number of hydrogen-bond donors (Lipinski definition) is 0. The molecule has 1 heterocycles. The molecule has 0 N–H and O–H groups in total. The molecule has 0 amide bonds. The third-order valence-electron chi connectivity index (χ3n) is 4.77. The van der Waals surface area contributed by atoms with Crippen molar-refractivity contribution >= 4 is 52.8 Å². The van der Waals surface area contributed by atoms with Gasteiger partial charge in [-0.3, -0.25) is 9.59 Å². The largest absolute Gasteiger partial charge is 0.495 e. The Balaban J connectivity index is 0.00000190. The van der Waals surface area contributed by atoms with E-state index in [1.807, 2.05) is 41.5 Å². The first-order chi connectivity index (χ1) is 13.1. The van der Waals surface area contributed by atoms with Crippen LogP contribution in [-0.2, 0) is 18.8 Å². The molecular weight excluding hydrogens is 493 g/mol. The Kier molecular flexibility index (Phi) is 9.87. The third kappa shape index (κ3) is 6.15. The van der Waals surface area contributed by atoms with E-state index in [2.05, 4.69) is 26.8 Å². The molecule has 0 saturated carbocycles. The summed E-state index contributed by atoms with van der Waals surface area (Å²) in [6.07, 6.45) is 0.0962. The van der Waals surface area contributed by atoms with Gasteiger partial charge in [-0.1, -0.05) is 13.8 Å². The maximum atomic E-state index is 12.7. The Morgan fingerprint density at radius 2 is 1.68 bits per heavy atom. The van der Waals surface area contributed by atoms with Crippen LogP contribution >= 0.6 is 28.5 Å².